The van der Waals surface area contributed by atoms with Crippen LogP contribution in [0.25, 0.3) is 33.1 Å². The molecule has 0 aliphatic rings. The minimum atomic E-state index is 0.777. The fraction of sp³-hybridized carbons (Fsp3) is 0. The molecule has 0 aliphatic carbocycles. The van der Waals surface area contributed by atoms with Gasteiger partial charge in [0, 0.05) is 10.8 Å². The Kier molecular flexibility index (Phi) is 2.43. The van der Waals surface area contributed by atoms with E-state index in [4.69, 9.17) is 12.3 Å². The first kappa shape index (κ1) is 11.4. The van der Waals surface area contributed by atoms with Gasteiger partial charge in [0.25, 0.3) is 0 Å². The first-order valence-corrected chi connectivity index (χ1v) is 6.58. The average Bonchev–Trinajstić information content (AvgIpc) is 2.85. The molecule has 0 bridgehead atoms. The minimum absolute atomic E-state index is 0.777. The zero-order valence-corrected chi connectivity index (χ0v) is 10.8. The van der Waals surface area contributed by atoms with Crippen LogP contribution in [0, 0.1) is 0 Å². The second-order valence-electron chi connectivity index (χ2n) is 4.93. The number of benzene rings is 3. The van der Waals surface area contributed by atoms with Gasteiger partial charge in [-0.05, 0) is 29.3 Å². The zero-order chi connectivity index (χ0) is 13.5. The van der Waals surface area contributed by atoms with E-state index in [2.05, 4.69) is 24.3 Å². The molecule has 3 aromatic carbocycles. The van der Waals surface area contributed by atoms with Crippen molar-refractivity contribution in [3.8, 4) is 11.1 Å². The van der Waals surface area contributed by atoms with Crippen LogP contribution < -0.4 is 5.46 Å². The Morgan fingerprint density at radius 2 is 1.45 bits per heavy atom. The predicted molar refractivity (Wildman–Crippen MR) is 84.5 cm³/mol. The maximum Gasteiger partial charge on any atom is 0.135 e. The minimum Gasteiger partial charge on any atom is -0.456 e. The fourth-order valence-electron chi connectivity index (χ4n) is 2.62. The number of furan rings is 1. The molecule has 92 valence electrons. The third-order valence-corrected chi connectivity index (χ3v) is 3.60. The molecule has 0 fully saturated rings. The van der Waals surface area contributed by atoms with Gasteiger partial charge in [0.2, 0.25) is 0 Å². The van der Waals surface area contributed by atoms with Crippen LogP contribution in [0.4, 0.5) is 0 Å². The van der Waals surface area contributed by atoms with E-state index in [1.807, 2.05) is 42.5 Å². The summed E-state index contributed by atoms with van der Waals surface area (Å²) in [4.78, 5) is 0. The highest BCUT2D eigenvalue weighted by molar-refractivity contribution is 6.32. The van der Waals surface area contributed by atoms with E-state index in [0.717, 1.165) is 38.5 Å². The van der Waals surface area contributed by atoms with Gasteiger partial charge in [0.05, 0.1) is 0 Å². The van der Waals surface area contributed by atoms with Crippen molar-refractivity contribution in [1.29, 1.82) is 0 Å². The van der Waals surface area contributed by atoms with Gasteiger partial charge >= 0.3 is 0 Å². The van der Waals surface area contributed by atoms with Crippen LogP contribution in [-0.2, 0) is 0 Å². The van der Waals surface area contributed by atoms with Crippen molar-refractivity contribution in [2.75, 3.05) is 0 Å². The van der Waals surface area contributed by atoms with E-state index < -0.39 is 0 Å². The van der Waals surface area contributed by atoms with Gasteiger partial charge in [-0.15, -0.1) is 0 Å². The van der Waals surface area contributed by atoms with Gasteiger partial charge in [-0.2, -0.15) is 0 Å². The highest BCUT2D eigenvalue weighted by atomic mass is 16.3. The lowest BCUT2D eigenvalue weighted by atomic mass is 9.92. The maximum absolute atomic E-state index is 5.86. The topological polar surface area (TPSA) is 13.1 Å². The monoisotopic (exact) mass is 254 g/mol. The van der Waals surface area contributed by atoms with Gasteiger partial charge in [0.1, 0.15) is 19.0 Å². The molecule has 1 nitrogen and oxygen atoms in total. The molecule has 0 saturated heterocycles. The van der Waals surface area contributed by atoms with Gasteiger partial charge in [-0.25, -0.2) is 0 Å². The smallest absolute Gasteiger partial charge is 0.135 e. The Morgan fingerprint density at radius 3 is 2.35 bits per heavy atom. The first-order chi connectivity index (χ1) is 9.81. The molecule has 4 aromatic rings. The molecular formula is C18H11BO. The van der Waals surface area contributed by atoms with Gasteiger partial charge in [0.15, 0.2) is 0 Å². The predicted octanol–water partition coefficient (Wildman–Crippen LogP) is 4.05. The molecule has 2 radical (unpaired) electrons. The standard InChI is InChI=1S/C18H11BO/c19-14-5-3-4-12(10-14)13-8-9-18-16(11-13)15-6-1-2-7-17(15)20-18/h1-11H. The quantitative estimate of drug-likeness (QED) is 0.467. The maximum atomic E-state index is 5.86. The summed E-state index contributed by atoms with van der Waals surface area (Å²) in [5, 5.41) is 2.29. The van der Waals surface area contributed by atoms with Gasteiger partial charge < -0.3 is 4.42 Å². The molecule has 1 heterocycles. The van der Waals surface area contributed by atoms with Crippen molar-refractivity contribution in [1.82, 2.24) is 0 Å². The molecule has 0 amide bonds. The summed E-state index contributed by atoms with van der Waals surface area (Å²) in [6.45, 7) is 0. The SMILES string of the molecule is [B]c1cccc(-c2ccc3oc4ccccc4c3c2)c1. The molecule has 0 atom stereocenters. The highest BCUT2D eigenvalue weighted by Crippen LogP contribution is 2.31. The van der Waals surface area contributed by atoms with Gasteiger partial charge in [-0.3, -0.25) is 0 Å². The van der Waals surface area contributed by atoms with Crippen LogP contribution in [0.3, 0.4) is 0 Å². The van der Waals surface area contributed by atoms with Crippen molar-refractivity contribution in [2.24, 2.45) is 0 Å². The van der Waals surface area contributed by atoms with Crippen LogP contribution in [-0.4, -0.2) is 7.85 Å². The van der Waals surface area contributed by atoms with Crippen molar-refractivity contribution >= 4 is 35.2 Å². The molecule has 4 rings (SSSR count). The molecule has 0 N–H and O–H groups in total. The summed E-state index contributed by atoms with van der Waals surface area (Å²) in [5.74, 6) is 0. The van der Waals surface area contributed by atoms with Crippen LogP contribution in [0.1, 0.15) is 0 Å². The van der Waals surface area contributed by atoms with Crippen LogP contribution in [0.5, 0.6) is 0 Å². The Bertz CT molecular complexity index is 921. The molecule has 2 heteroatoms. The Balaban J connectivity index is 2.00. The van der Waals surface area contributed by atoms with Crippen molar-refractivity contribution in [3.63, 3.8) is 0 Å². The Morgan fingerprint density at radius 1 is 0.650 bits per heavy atom. The third kappa shape index (κ3) is 1.73. The molecule has 0 aliphatic heterocycles. The Hall–Kier alpha value is -2.48. The largest absolute Gasteiger partial charge is 0.456 e. The second kappa shape index (κ2) is 4.27. The first-order valence-electron chi connectivity index (χ1n) is 6.58. The van der Waals surface area contributed by atoms with Crippen molar-refractivity contribution < 1.29 is 4.42 Å². The Labute approximate surface area is 118 Å². The molecular weight excluding hydrogens is 243 g/mol. The molecule has 0 spiro atoms. The number of hydrogen-bond acceptors (Lipinski definition) is 1. The van der Waals surface area contributed by atoms with Crippen molar-refractivity contribution in [2.45, 2.75) is 0 Å². The lowest BCUT2D eigenvalue weighted by Gasteiger charge is -2.03. The summed E-state index contributed by atoms with van der Waals surface area (Å²) in [7, 11) is 5.86. The number of fused-ring (bicyclic) bond motifs is 3. The average molecular weight is 254 g/mol. The van der Waals surface area contributed by atoms with Crippen LogP contribution in [0.2, 0.25) is 0 Å². The van der Waals surface area contributed by atoms with E-state index >= 15 is 0 Å². The van der Waals surface area contributed by atoms with E-state index in [1.54, 1.807) is 0 Å². The van der Waals surface area contributed by atoms with E-state index in [0.29, 0.717) is 0 Å². The summed E-state index contributed by atoms with van der Waals surface area (Å²) in [5.41, 5.74) is 4.89. The fourth-order valence-corrected chi connectivity index (χ4v) is 2.62. The second-order valence-corrected chi connectivity index (χ2v) is 4.93. The molecule has 0 saturated carbocycles. The molecule has 20 heavy (non-hydrogen) atoms. The highest BCUT2D eigenvalue weighted by Gasteiger charge is 2.07. The zero-order valence-electron chi connectivity index (χ0n) is 10.8. The summed E-state index contributed by atoms with van der Waals surface area (Å²) in [6, 6.07) is 22.3. The summed E-state index contributed by atoms with van der Waals surface area (Å²) < 4.78 is 5.84. The number of para-hydroxylation sites is 1. The van der Waals surface area contributed by atoms with E-state index in [9.17, 15) is 0 Å². The van der Waals surface area contributed by atoms with Crippen LogP contribution in [0.15, 0.2) is 71.1 Å². The third-order valence-electron chi connectivity index (χ3n) is 3.60. The summed E-state index contributed by atoms with van der Waals surface area (Å²) in [6.07, 6.45) is 0. The molecule has 1 aromatic heterocycles. The number of hydrogen-bond donors (Lipinski definition) is 0. The van der Waals surface area contributed by atoms with Gasteiger partial charge in [-0.1, -0.05) is 54.0 Å². The normalized spacial score (nSPS) is 11.2. The van der Waals surface area contributed by atoms with Crippen molar-refractivity contribution in [3.05, 3.63) is 66.7 Å². The number of rotatable bonds is 1. The van der Waals surface area contributed by atoms with E-state index in [-0.39, 0.29) is 0 Å². The lowest BCUT2D eigenvalue weighted by Crippen LogP contribution is -2.00. The van der Waals surface area contributed by atoms with Crippen LogP contribution >= 0.6 is 0 Å². The van der Waals surface area contributed by atoms with E-state index in [1.165, 1.54) is 0 Å². The lowest BCUT2D eigenvalue weighted by molar-refractivity contribution is 0.669. The molecule has 0 unspecified atom stereocenters. The summed E-state index contributed by atoms with van der Waals surface area (Å²) >= 11 is 0.